The molecule has 138 valence electrons. The minimum absolute atomic E-state index is 0.295. The van der Waals surface area contributed by atoms with Gasteiger partial charge in [0.1, 0.15) is 11.6 Å². The number of rotatable bonds is 4. The second-order valence-electron chi connectivity index (χ2n) is 7.58. The maximum atomic E-state index is 9.66. The lowest BCUT2D eigenvalue weighted by Crippen LogP contribution is -2.25. The van der Waals surface area contributed by atoms with Crippen LogP contribution in [0.1, 0.15) is 41.4 Å². The van der Waals surface area contributed by atoms with Gasteiger partial charge < -0.3 is 5.11 Å². The first-order chi connectivity index (χ1) is 13.3. The van der Waals surface area contributed by atoms with Crippen molar-refractivity contribution in [1.29, 1.82) is 0 Å². The molecular formula is C22H23N3OS. The summed E-state index contributed by atoms with van der Waals surface area (Å²) >= 11 is 1.76. The highest BCUT2D eigenvalue weighted by atomic mass is 32.1. The van der Waals surface area contributed by atoms with Crippen molar-refractivity contribution in [2.45, 2.75) is 38.1 Å². The van der Waals surface area contributed by atoms with E-state index >= 15 is 0 Å². The van der Waals surface area contributed by atoms with Gasteiger partial charge in [-0.3, -0.25) is 4.90 Å². The summed E-state index contributed by atoms with van der Waals surface area (Å²) in [7, 11) is 0. The Morgan fingerprint density at radius 3 is 2.59 bits per heavy atom. The van der Waals surface area contributed by atoms with E-state index in [-0.39, 0.29) is 0 Å². The number of nitrogens with zero attached hydrogens (tertiary/aromatic N) is 3. The minimum Gasteiger partial charge on any atom is -0.508 e. The molecule has 0 radical (unpaired) electrons. The van der Waals surface area contributed by atoms with Crippen molar-refractivity contribution in [2.75, 3.05) is 13.1 Å². The Labute approximate surface area is 163 Å². The normalized spacial score (nSPS) is 17.5. The minimum atomic E-state index is 0.295. The maximum absolute atomic E-state index is 9.66. The zero-order chi connectivity index (χ0) is 18.2. The van der Waals surface area contributed by atoms with Crippen molar-refractivity contribution in [3.05, 3.63) is 63.7 Å². The van der Waals surface area contributed by atoms with Crippen molar-refractivity contribution in [3.8, 4) is 17.0 Å². The fourth-order valence-corrected chi connectivity index (χ4v) is 4.51. The highest BCUT2D eigenvalue weighted by Crippen LogP contribution is 2.40. The van der Waals surface area contributed by atoms with Crippen molar-refractivity contribution in [1.82, 2.24) is 14.9 Å². The highest BCUT2D eigenvalue weighted by molar-refractivity contribution is 7.07. The summed E-state index contributed by atoms with van der Waals surface area (Å²) in [6.07, 6.45) is 4.36. The molecule has 0 saturated heterocycles. The molecule has 5 rings (SSSR count). The third-order valence-corrected chi connectivity index (χ3v) is 6.25. The van der Waals surface area contributed by atoms with Crippen LogP contribution in [-0.4, -0.2) is 33.1 Å². The number of aromatic nitrogens is 2. The number of phenolic OH excluding ortho intramolecular Hbond substituents is 1. The van der Waals surface area contributed by atoms with Crippen LogP contribution in [0, 0.1) is 0 Å². The smallest absolute Gasteiger partial charge is 0.132 e. The Balaban J connectivity index is 1.48. The quantitative estimate of drug-likeness (QED) is 0.733. The molecule has 1 aliphatic carbocycles. The van der Waals surface area contributed by atoms with Gasteiger partial charge in [-0.1, -0.05) is 0 Å². The van der Waals surface area contributed by atoms with Crippen molar-refractivity contribution < 1.29 is 5.11 Å². The average Bonchev–Trinajstić information content (AvgIpc) is 3.44. The van der Waals surface area contributed by atoms with Crippen molar-refractivity contribution >= 4 is 11.3 Å². The number of aromatic hydroxyl groups is 1. The van der Waals surface area contributed by atoms with Crippen LogP contribution in [0.2, 0.25) is 0 Å². The van der Waals surface area contributed by atoms with Crippen LogP contribution in [0.15, 0.2) is 41.1 Å². The van der Waals surface area contributed by atoms with Gasteiger partial charge in [0, 0.05) is 48.8 Å². The Morgan fingerprint density at radius 2 is 1.85 bits per heavy atom. The molecule has 3 heterocycles. The lowest BCUT2D eigenvalue weighted by atomic mass is 10.0. The molecule has 3 aromatic rings. The molecule has 0 atom stereocenters. The topological polar surface area (TPSA) is 49.3 Å². The predicted octanol–water partition coefficient (Wildman–Crippen LogP) is 4.39. The van der Waals surface area contributed by atoms with Gasteiger partial charge in [0.15, 0.2) is 0 Å². The molecule has 4 nitrogen and oxygen atoms in total. The highest BCUT2D eigenvalue weighted by Gasteiger charge is 2.29. The second kappa shape index (κ2) is 7.06. The molecule has 0 amide bonds. The zero-order valence-corrected chi connectivity index (χ0v) is 16.1. The number of hydrogen-bond donors (Lipinski definition) is 1. The summed E-state index contributed by atoms with van der Waals surface area (Å²) in [6, 6.07) is 9.67. The summed E-state index contributed by atoms with van der Waals surface area (Å²) in [6.45, 7) is 3.08. The van der Waals surface area contributed by atoms with Crippen LogP contribution in [0.4, 0.5) is 0 Å². The van der Waals surface area contributed by atoms with Crippen molar-refractivity contribution in [2.24, 2.45) is 0 Å². The van der Waals surface area contributed by atoms with Crippen LogP contribution in [0.5, 0.6) is 5.75 Å². The second-order valence-corrected chi connectivity index (χ2v) is 8.36. The first kappa shape index (κ1) is 16.9. The van der Waals surface area contributed by atoms with Gasteiger partial charge in [-0.25, -0.2) is 9.97 Å². The number of thiophene rings is 1. The number of hydrogen-bond acceptors (Lipinski definition) is 5. The molecule has 2 aromatic heterocycles. The van der Waals surface area contributed by atoms with E-state index in [9.17, 15) is 5.11 Å². The lowest BCUT2D eigenvalue weighted by Gasteiger charge is -2.18. The van der Waals surface area contributed by atoms with E-state index in [0.29, 0.717) is 11.7 Å². The van der Waals surface area contributed by atoms with Gasteiger partial charge in [0.05, 0.1) is 5.69 Å². The Morgan fingerprint density at radius 1 is 1.04 bits per heavy atom. The number of fused-ring (bicyclic) bond motifs is 1. The van der Waals surface area contributed by atoms with E-state index < -0.39 is 0 Å². The molecule has 0 spiro atoms. The largest absolute Gasteiger partial charge is 0.508 e. The molecule has 1 N–H and O–H groups in total. The lowest BCUT2D eigenvalue weighted by molar-refractivity contribution is 0.279. The van der Waals surface area contributed by atoms with Crippen LogP contribution in [0.3, 0.4) is 0 Å². The fraction of sp³-hybridized carbons (Fsp3) is 0.364. The zero-order valence-electron chi connectivity index (χ0n) is 15.3. The molecule has 1 aliphatic heterocycles. The summed E-state index contributed by atoms with van der Waals surface area (Å²) in [5, 5.41) is 14.1. The third kappa shape index (κ3) is 3.62. The summed E-state index contributed by atoms with van der Waals surface area (Å²) in [4.78, 5) is 12.5. The molecule has 5 heteroatoms. The monoisotopic (exact) mass is 377 g/mol. The summed E-state index contributed by atoms with van der Waals surface area (Å²) < 4.78 is 0. The Bertz CT molecular complexity index is 933. The Hall–Kier alpha value is -2.24. The molecule has 0 bridgehead atoms. The van der Waals surface area contributed by atoms with Gasteiger partial charge in [-0.2, -0.15) is 11.3 Å². The van der Waals surface area contributed by atoms with Gasteiger partial charge in [0.2, 0.25) is 0 Å². The van der Waals surface area contributed by atoms with Gasteiger partial charge in [0.25, 0.3) is 0 Å². The van der Waals surface area contributed by atoms with Crippen LogP contribution >= 0.6 is 11.3 Å². The summed E-state index contributed by atoms with van der Waals surface area (Å²) in [5.41, 5.74) is 6.06. The summed E-state index contributed by atoms with van der Waals surface area (Å²) in [5.74, 6) is 1.85. The molecule has 1 aromatic carbocycles. The number of benzene rings is 1. The molecular weight excluding hydrogens is 354 g/mol. The third-order valence-electron chi connectivity index (χ3n) is 5.52. The fourth-order valence-electron chi connectivity index (χ4n) is 3.85. The predicted molar refractivity (Wildman–Crippen MR) is 108 cm³/mol. The van der Waals surface area contributed by atoms with Crippen LogP contribution in [-0.2, 0) is 19.4 Å². The number of phenols is 1. The van der Waals surface area contributed by atoms with E-state index in [0.717, 1.165) is 49.6 Å². The maximum Gasteiger partial charge on any atom is 0.132 e. The van der Waals surface area contributed by atoms with E-state index in [1.54, 1.807) is 23.5 Å². The molecule has 27 heavy (non-hydrogen) atoms. The van der Waals surface area contributed by atoms with Gasteiger partial charge in [-0.05, 0) is 65.9 Å². The Kier molecular flexibility index (Phi) is 4.42. The first-order valence-corrected chi connectivity index (χ1v) is 10.6. The molecule has 0 unspecified atom stereocenters. The van der Waals surface area contributed by atoms with E-state index in [4.69, 9.17) is 9.97 Å². The van der Waals surface area contributed by atoms with E-state index in [2.05, 4.69) is 21.7 Å². The molecule has 1 saturated carbocycles. The van der Waals surface area contributed by atoms with Gasteiger partial charge >= 0.3 is 0 Å². The van der Waals surface area contributed by atoms with Crippen LogP contribution < -0.4 is 0 Å². The molecule has 2 aliphatic rings. The van der Waals surface area contributed by atoms with Gasteiger partial charge in [-0.15, -0.1) is 0 Å². The van der Waals surface area contributed by atoms with Crippen LogP contribution in [0.25, 0.3) is 11.3 Å². The van der Waals surface area contributed by atoms with E-state index in [1.165, 1.54) is 29.7 Å². The van der Waals surface area contributed by atoms with E-state index in [1.807, 2.05) is 12.1 Å². The standard InChI is InChI=1S/C22H23N3OS/c26-18-5-3-16(4-6-18)21-19-7-10-25(13-15-9-12-27-14-15)11-8-20(19)23-22(24-21)17-1-2-17/h3-6,9,12,14,17,26H,1-2,7-8,10-11,13H2. The SMILES string of the molecule is Oc1ccc(-c2nc(C3CC3)nc3c2CCN(Cc2ccsc2)CC3)cc1. The average molecular weight is 378 g/mol. The first-order valence-electron chi connectivity index (χ1n) is 9.69. The molecule has 1 fully saturated rings. The van der Waals surface area contributed by atoms with Crippen molar-refractivity contribution in [3.63, 3.8) is 0 Å².